The number of nitrogens with zero attached hydrogens (tertiary/aromatic N) is 1. The Morgan fingerprint density at radius 3 is 3.11 bits per heavy atom. The smallest absolute Gasteiger partial charge is 0.305 e. The largest absolute Gasteiger partial charge is 0.362 e. The number of benzene rings is 1. The van der Waals surface area contributed by atoms with Gasteiger partial charge in [0.05, 0.1) is 15.1 Å². The van der Waals surface area contributed by atoms with Gasteiger partial charge in [-0.25, -0.2) is 4.98 Å². The number of anilines is 1. The molecule has 18 heavy (non-hydrogen) atoms. The Kier molecular flexibility index (Phi) is 2.89. The van der Waals surface area contributed by atoms with Crippen molar-refractivity contribution in [3.8, 4) is 10.4 Å². The van der Waals surface area contributed by atoms with E-state index in [9.17, 15) is 4.79 Å². The molecule has 6 heteroatoms. The fourth-order valence-corrected chi connectivity index (χ4v) is 3.40. The number of aromatic nitrogens is 2. The zero-order chi connectivity index (χ0) is 12.5. The zero-order valence-corrected chi connectivity index (χ0v) is 11.3. The summed E-state index contributed by atoms with van der Waals surface area (Å²) in [4.78, 5) is 19.5. The van der Waals surface area contributed by atoms with Crippen LogP contribution < -0.4 is 10.2 Å². The van der Waals surface area contributed by atoms with Crippen molar-refractivity contribution in [3.05, 3.63) is 34.1 Å². The lowest BCUT2D eigenvalue weighted by molar-refractivity contribution is 1.19. The van der Waals surface area contributed by atoms with Gasteiger partial charge < -0.3 is 10.3 Å². The van der Waals surface area contributed by atoms with E-state index >= 15 is 0 Å². The minimum absolute atomic E-state index is 0.0141. The van der Waals surface area contributed by atoms with E-state index in [2.05, 4.69) is 15.3 Å². The van der Waals surface area contributed by atoms with Gasteiger partial charge in [0.25, 0.3) is 0 Å². The Labute approximate surface area is 111 Å². The summed E-state index contributed by atoms with van der Waals surface area (Å²) in [5.41, 5.74) is 1.99. The Balaban J connectivity index is 2.04. The fourth-order valence-electron chi connectivity index (χ4n) is 1.74. The van der Waals surface area contributed by atoms with E-state index < -0.39 is 0 Å². The maximum Gasteiger partial charge on any atom is 0.305 e. The summed E-state index contributed by atoms with van der Waals surface area (Å²) in [6.07, 6.45) is 1.86. The van der Waals surface area contributed by atoms with Crippen molar-refractivity contribution in [2.45, 2.75) is 6.92 Å². The topological polar surface area (TPSA) is 57.8 Å². The molecule has 1 aromatic carbocycles. The minimum atomic E-state index is -0.0141. The lowest BCUT2D eigenvalue weighted by Gasteiger charge is -1.96. The number of aromatic amines is 1. The van der Waals surface area contributed by atoms with Gasteiger partial charge in [-0.2, -0.15) is 0 Å². The molecule has 0 saturated carbocycles. The van der Waals surface area contributed by atoms with E-state index in [1.807, 2.05) is 31.3 Å². The molecular weight excluding hydrogens is 266 g/mol. The van der Waals surface area contributed by atoms with Gasteiger partial charge in [0.1, 0.15) is 0 Å². The van der Waals surface area contributed by atoms with Crippen LogP contribution in [0.1, 0.15) is 6.92 Å². The van der Waals surface area contributed by atoms with E-state index in [0.717, 1.165) is 32.3 Å². The van der Waals surface area contributed by atoms with Crippen molar-refractivity contribution in [2.24, 2.45) is 0 Å². The molecule has 0 bridgehead atoms. The number of rotatable bonds is 3. The third-order valence-electron chi connectivity index (χ3n) is 2.54. The molecule has 0 fully saturated rings. The van der Waals surface area contributed by atoms with Gasteiger partial charge in [-0.3, -0.25) is 4.79 Å². The molecule has 92 valence electrons. The SMILES string of the molecule is CCNc1ncc(-c2ccc3[nH]c(=O)sc3c2)s1. The maximum absolute atomic E-state index is 11.3. The highest BCUT2D eigenvalue weighted by Crippen LogP contribution is 2.31. The first-order valence-corrected chi connectivity index (χ1v) is 7.22. The van der Waals surface area contributed by atoms with E-state index in [1.54, 1.807) is 11.3 Å². The molecule has 0 saturated heterocycles. The third kappa shape index (κ3) is 2.04. The molecule has 0 atom stereocenters. The van der Waals surface area contributed by atoms with Crippen LogP contribution in [0.5, 0.6) is 0 Å². The predicted molar refractivity (Wildman–Crippen MR) is 77.7 cm³/mol. The molecule has 3 rings (SSSR count). The van der Waals surface area contributed by atoms with Crippen molar-refractivity contribution in [2.75, 3.05) is 11.9 Å². The van der Waals surface area contributed by atoms with Crippen LogP contribution >= 0.6 is 22.7 Å². The number of thiazole rings is 2. The molecule has 3 aromatic rings. The molecule has 0 aliphatic heterocycles. The van der Waals surface area contributed by atoms with Gasteiger partial charge in [0.15, 0.2) is 5.13 Å². The van der Waals surface area contributed by atoms with Crippen LogP contribution in [0.3, 0.4) is 0 Å². The van der Waals surface area contributed by atoms with Crippen LogP contribution in [0.4, 0.5) is 5.13 Å². The zero-order valence-electron chi connectivity index (χ0n) is 9.69. The number of fused-ring (bicyclic) bond motifs is 1. The van der Waals surface area contributed by atoms with E-state index in [0.29, 0.717) is 0 Å². The van der Waals surface area contributed by atoms with Crippen LogP contribution in [0, 0.1) is 0 Å². The first-order chi connectivity index (χ1) is 8.76. The molecule has 2 N–H and O–H groups in total. The molecule has 0 radical (unpaired) electrons. The Morgan fingerprint density at radius 1 is 1.39 bits per heavy atom. The first kappa shape index (κ1) is 11.4. The average Bonchev–Trinajstić information content (AvgIpc) is 2.93. The van der Waals surface area contributed by atoms with Crippen LogP contribution in [0.2, 0.25) is 0 Å². The van der Waals surface area contributed by atoms with Crippen LogP contribution in [0.15, 0.2) is 29.2 Å². The molecule has 0 aliphatic carbocycles. The Hall–Kier alpha value is -1.66. The summed E-state index contributed by atoms with van der Waals surface area (Å²) >= 11 is 2.86. The number of nitrogens with one attached hydrogen (secondary N) is 2. The second-order valence-corrected chi connectivity index (χ2v) is 5.83. The maximum atomic E-state index is 11.3. The predicted octanol–water partition coefficient (Wildman–Crippen LogP) is 3.14. The molecule has 4 nitrogen and oxygen atoms in total. The summed E-state index contributed by atoms with van der Waals surface area (Å²) < 4.78 is 0.982. The van der Waals surface area contributed by atoms with Crippen molar-refractivity contribution in [3.63, 3.8) is 0 Å². The quantitative estimate of drug-likeness (QED) is 0.773. The molecule has 0 spiro atoms. The highest BCUT2D eigenvalue weighted by atomic mass is 32.1. The molecule has 0 amide bonds. The van der Waals surface area contributed by atoms with Gasteiger partial charge in [-0.1, -0.05) is 28.7 Å². The van der Waals surface area contributed by atoms with Gasteiger partial charge in [0.2, 0.25) is 0 Å². The van der Waals surface area contributed by atoms with Gasteiger partial charge in [-0.05, 0) is 24.6 Å². The minimum Gasteiger partial charge on any atom is -0.362 e. The fraction of sp³-hybridized carbons (Fsp3) is 0.167. The number of hydrogen-bond donors (Lipinski definition) is 2. The monoisotopic (exact) mass is 277 g/mol. The van der Waals surface area contributed by atoms with Crippen molar-refractivity contribution in [1.29, 1.82) is 0 Å². The van der Waals surface area contributed by atoms with E-state index in [-0.39, 0.29) is 4.87 Å². The highest BCUT2D eigenvalue weighted by Gasteiger charge is 2.06. The Morgan fingerprint density at radius 2 is 2.28 bits per heavy atom. The number of hydrogen-bond acceptors (Lipinski definition) is 5. The van der Waals surface area contributed by atoms with E-state index in [4.69, 9.17) is 0 Å². The molecule has 2 aromatic heterocycles. The molecule has 0 aliphatic rings. The van der Waals surface area contributed by atoms with Crippen LogP contribution in [-0.2, 0) is 0 Å². The summed E-state index contributed by atoms with van der Waals surface area (Å²) in [7, 11) is 0. The summed E-state index contributed by atoms with van der Waals surface area (Å²) in [6, 6.07) is 5.98. The highest BCUT2D eigenvalue weighted by molar-refractivity contribution is 7.19. The second-order valence-electron chi connectivity index (χ2n) is 3.79. The summed E-state index contributed by atoms with van der Waals surface area (Å²) in [5, 5.41) is 4.12. The average molecular weight is 277 g/mol. The molecule has 2 heterocycles. The van der Waals surface area contributed by atoms with Gasteiger partial charge >= 0.3 is 4.87 Å². The number of H-pyrrole nitrogens is 1. The van der Waals surface area contributed by atoms with Gasteiger partial charge in [0, 0.05) is 12.7 Å². The molecule has 0 unspecified atom stereocenters. The van der Waals surface area contributed by atoms with Crippen molar-refractivity contribution < 1.29 is 0 Å². The summed E-state index contributed by atoms with van der Waals surface area (Å²) in [6.45, 7) is 2.91. The standard InChI is InChI=1S/C12H11N3OS2/c1-2-13-11-14-6-10(17-11)7-3-4-8-9(5-7)18-12(16)15-8/h3-6H,2H2,1H3,(H,13,14)(H,15,16). The lowest BCUT2D eigenvalue weighted by atomic mass is 10.2. The van der Waals surface area contributed by atoms with Crippen molar-refractivity contribution >= 4 is 38.0 Å². The van der Waals surface area contributed by atoms with E-state index in [1.165, 1.54) is 11.3 Å². The summed E-state index contributed by atoms with van der Waals surface area (Å²) in [5.74, 6) is 0. The Bertz CT molecular complexity index is 741. The van der Waals surface area contributed by atoms with Crippen molar-refractivity contribution in [1.82, 2.24) is 9.97 Å². The third-order valence-corrected chi connectivity index (χ3v) is 4.39. The lowest BCUT2D eigenvalue weighted by Crippen LogP contribution is -1.94. The second kappa shape index (κ2) is 4.55. The molecular formula is C12H11N3OS2. The van der Waals surface area contributed by atoms with Crippen LogP contribution in [0.25, 0.3) is 20.7 Å². The van der Waals surface area contributed by atoms with Crippen LogP contribution in [-0.4, -0.2) is 16.5 Å². The van der Waals surface area contributed by atoms with Gasteiger partial charge in [-0.15, -0.1) is 0 Å². The first-order valence-electron chi connectivity index (χ1n) is 5.59. The normalized spacial score (nSPS) is 10.9.